The van der Waals surface area contributed by atoms with Gasteiger partial charge in [-0.2, -0.15) is 0 Å². The largest absolute Gasteiger partial charge is 0.545 e. The molecule has 5 heteroatoms. The second-order valence-electron chi connectivity index (χ2n) is 3.27. The highest BCUT2D eigenvalue weighted by Gasteiger charge is 2.13. The summed E-state index contributed by atoms with van der Waals surface area (Å²) in [4.78, 5) is 22.0. The van der Waals surface area contributed by atoms with Crippen molar-refractivity contribution in [2.75, 3.05) is 5.32 Å². The highest BCUT2D eigenvalue weighted by atomic mass is 32.1. The van der Waals surface area contributed by atoms with Gasteiger partial charge in [0.15, 0.2) is 0 Å². The number of thiophene rings is 1. The summed E-state index contributed by atoms with van der Waals surface area (Å²) in [5.74, 6) is -1.57. The summed E-state index contributed by atoms with van der Waals surface area (Å²) in [6, 6.07) is 7.06. The molecule has 4 nitrogen and oxygen atoms in total. The van der Waals surface area contributed by atoms with Crippen molar-refractivity contribution in [3.8, 4) is 0 Å². The first-order valence-electron chi connectivity index (χ1n) is 4.60. The Balaban J connectivity index is 2.68. The molecule has 0 aliphatic carbocycles. The van der Waals surface area contributed by atoms with Crippen molar-refractivity contribution in [2.45, 2.75) is 6.92 Å². The molecule has 2 aromatic rings. The molecule has 0 radical (unpaired) electrons. The number of aromatic carboxylic acids is 1. The molecule has 0 aliphatic heterocycles. The molecule has 1 N–H and O–H groups in total. The van der Waals surface area contributed by atoms with Crippen molar-refractivity contribution in [2.24, 2.45) is 0 Å². The van der Waals surface area contributed by atoms with Crippen molar-refractivity contribution < 1.29 is 14.7 Å². The van der Waals surface area contributed by atoms with Crippen molar-refractivity contribution in [1.29, 1.82) is 0 Å². The number of fused-ring (bicyclic) bond motifs is 1. The Hall–Kier alpha value is -1.88. The lowest BCUT2D eigenvalue weighted by molar-refractivity contribution is -0.254. The van der Waals surface area contributed by atoms with Gasteiger partial charge in [-0.05, 0) is 6.07 Å². The van der Waals surface area contributed by atoms with Crippen LogP contribution in [0.1, 0.15) is 17.3 Å². The zero-order valence-corrected chi connectivity index (χ0v) is 9.26. The fourth-order valence-electron chi connectivity index (χ4n) is 1.50. The number of carbonyl (C=O) groups is 2. The monoisotopic (exact) mass is 234 g/mol. The predicted molar refractivity (Wildman–Crippen MR) is 60.5 cm³/mol. The van der Waals surface area contributed by atoms with Crippen LogP contribution in [-0.2, 0) is 4.79 Å². The van der Waals surface area contributed by atoms with E-state index < -0.39 is 5.97 Å². The van der Waals surface area contributed by atoms with Crippen molar-refractivity contribution in [1.82, 2.24) is 0 Å². The molecule has 1 aromatic carbocycles. The normalized spacial score (nSPS) is 10.3. The van der Waals surface area contributed by atoms with Crippen LogP contribution in [0, 0.1) is 0 Å². The molecule has 2 rings (SSSR count). The molecule has 0 aliphatic rings. The van der Waals surface area contributed by atoms with Crippen molar-refractivity contribution in [3.63, 3.8) is 0 Å². The van der Waals surface area contributed by atoms with Gasteiger partial charge in [0.05, 0.1) is 5.97 Å². The molecule has 16 heavy (non-hydrogen) atoms. The zero-order valence-electron chi connectivity index (χ0n) is 8.44. The molecule has 1 aromatic heterocycles. The smallest absolute Gasteiger partial charge is 0.221 e. The molecule has 1 amide bonds. The van der Waals surface area contributed by atoms with Crippen LogP contribution >= 0.6 is 11.3 Å². The third-order valence-corrected chi connectivity index (χ3v) is 3.18. The Labute approximate surface area is 95.5 Å². The highest BCUT2D eigenvalue weighted by Crippen LogP contribution is 2.34. The van der Waals surface area contributed by atoms with Crippen LogP contribution in [0.25, 0.3) is 10.1 Å². The van der Waals surface area contributed by atoms with E-state index in [1.54, 1.807) is 18.2 Å². The maximum Gasteiger partial charge on any atom is 0.221 e. The predicted octanol–water partition coefficient (Wildman–Crippen LogP) is 1.22. The van der Waals surface area contributed by atoms with Crippen LogP contribution in [-0.4, -0.2) is 11.9 Å². The molecule has 0 unspecified atom stereocenters. The van der Waals surface area contributed by atoms with E-state index >= 15 is 0 Å². The van der Waals surface area contributed by atoms with Crippen LogP contribution in [0.4, 0.5) is 5.00 Å². The fourth-order valence-corrected chi connectivity index (χ4v) is 2.63. The highest BCUT2D eigenvalue weighted by molar-refractivity contribution is 7.23. The lowest BCUT2D eigenvalue weighted by Crippen LogP contribution is -2.23. The average molecular weight is 234 g/mol. The lowest BCUT2D eigenvalue weighted by atomic mass is 10.1. The van der Waals surface area contributed by atoms with Gasteiger partial charge in [0.1, 0.15) is 5.00 Å². The van der Waals surface area contributed by atoms with Gasteiger partial charge in [-0.3, -0.25) is 4.79 Å². The fraction of sp³-hybridized carbons (Fsp3) is 0.0909. The Morgan fingerprint density at radius 2 is 2.00 bits per heavy atom. The number of rotatable bonds is 2. The first kappa shape index (κ1) is 10.6. The van der Waals surface area contributed by atoms with E-state index in [9.17, 15) is 14.7 Å². The molecule has 82 valence electrons. The minimum absolute atomic E-state index is 0.0517. The minimum atomic E-state index is -1.28. The molecule has 0 atom stereocenters. The minimum Gasteiger partial charge on any atom is -0.545 e. The summed E-state index contributed by atoms with van der Waals surface area (Å²) in [5.41, 5.74) is 0.0517. The standard InChI is InChI=1S/C11H9NO3S/c1-6(13)12-10-9(11(14)15)7-4-2-3-5-8(7)16-10/h2-5H,1H3,(H,12,13)(H,14,15)/p-1. The van der Waals surface area contributed by atoms with Crippen LogP contribution in [0.5, 0.6) is 0 Å². The number of carboxylic acids is 1. The van der Waals surface area contributed by atoms with Gasteiger partial charge in [0.25, 0.3) is 0 Å². The Morgan fingerprint density at radius 1 is 1.31 bits per heavy atom. The van der Waals surface area contributed by atoms with E-state index in [1.165, 1.54) is 18.3 Å². The van der Waals surface area contributed by atoms with E-state index in [1.807, 2.05) is 6.07 Å². The molecule has 0 bridgehead atoms. The zero-order chi connectivity index (χ0) is 11.7. The van der Waals surface area contributed by atoms with E-state index in [0.29, 0.717) is 10.4 Å². The van der Waals surface area contributed by atoms with Crippen LogP contribution < -0.4 is 10.4 Å². The van der Waals surface area contributed by atoms with Gasteiger partial charge in [-0.25, -0.2) is 0 Å². The van der Waals surface area contributed by atoms with Gasteiger partial charge in [-0.1, -0.05) is 18.2 Å². The Kier molecular flexibility index (Phi) is 2.62. The number of hydrogen-bond acceptors (Lipinski definition) is 4. The third-order valence-electron chi connectivity index (χ3n) is 2.09. The number of carboxylic acid groups (broad SMARTS) is 1. The molecule has 0 fully saturated rings. The van der Waals surface area contributed by atoms with E-state index in [4.69, 9.17) is 0 Å². The van der Waals surface area contributed by atoms with Crippen LogP contribution in [0.2, 0.25) is 0 Å². The molecular weight excluding hydrogens is 226 g/mol. The van der Waals surface area contributed by atoms with E-state index in [-0.39, 0.29) is 11.5 Å². The molecular formula is C11H8NO3S-. The SMILES string of the molecule is CC(=O)Nc1sc2ccccc2c1C(=O)[O-]. The van der Waals surface area contributed by atoms with Crippen LogP contribution in [0.3, 0.4) is 0 Å². The maximum atomic E-state index is 11.0. The first-order chi connectivity index (χ1) is 7.59. The quantitative estimate of drug-likeness (QED) is 0.849. The second kappa shape index (κ2) is 3.94. The van der Waals surface area contributed by atoms with Gasteiger partial charge in [0, 0.05) is 22.6 Å². The summed E-state index contributed by atoms with van der Waals surface area (Å²) in [6.07, 6.45) is 0. The summed E-state index contributed by atoms with van der Waals surface area (Å²) in [6.45, 7) is 1.34. The van der Waals surface area contributed by atoms with E-state index in [0.717, 1.165) is 4.70 Å². The van der Waals surface area contributed by atoms with Crippen molar-refractivity contribution >= 4 is 38.3 Å². The lowest BCUT2D eigenvalue weighted by Gasteiger charge is -2.05. The van der Waals surface area contributed by atoms with Crippen molar-refractivity contribution in [3.05, 3.63) is 29.8 Å². The number of hydrogen-bond donors (Lipinski definition) is 1. The van der Waals surface area contributed by atoms with Gasteiger partial charge >= 0.3 is 0 Å². The first-order valence-corrected chi connectivity index (χ1v) is 5.41. The van der Waals surface area contributed by atoms with Gasteiger partial charge < -0.3 is 15.2 Å². The Bertz CT molecular complexity index is 574. The second-order valence-corrected chi connectivity index (χ2v) is 4.32. The number of benzene rings is 1. The Morgan fingerprint density at radius 3 is 2.62 bits per heavy atom. The topological polar surface area (TPSA) is 69.2 Å². The third kappa shape index (κ3) is 1.77. The summed E-state index contributed by atoms with van der Waals surface area (Å²) in [5, 5.41) is 14.4. The number of nitrogens with one attached hydrogen (secondary N) is 1. The van der Waals surface area contributed by atoms with Gasteiger partial charge in [0.2, 0.25) is 5.91 Å². The average Bonchev–Trinajstić information content (AvgIpc) is 2.53. The number of anilines is 1. The van der Waals surface area contributed by atoms with Gasteiger partial charge in [-0.15, -0.1) is 11.3 Å². The number of carbonyl (C=O) groups excluding carboxylic acids is 2. The van der Waals surface area contributed by atoms with E-state index in [2.05, 4.69) is 5.32 Å². The summed E-state index contributed by atoms with van der Waals surface area (Å²) in [7, 11) is 0. The maximum absolute atomic E-state index is 11.0. The van der Waals surface area contributed by atoms with Crippen LogP contribution in [0.15, 0.2) is 24.3 Å². The summed E-state index contributed by atoms with van der Waals surface area (Å²) < 4.78 is 0.811. The summed E-state index contributed by atoms with van der Waals surface area (Å²) >= 11 is 1.23. The molecule has 0 saturated heterocycles. The molecule has 0 spiro atoms. The number of amides is 1. The molecule has 1 heterocycles. The molecule has 0 saturated carbocycles.